The van der Waals surface area contributed by atoms with Crippen LogP contribution in [0.4, 0.5) is 0 Å². The summed E-state index contributed by atoms with van der Waals surface area (Å²) in [4.78, 5) is 14.4. The normalized spacial score (nSPS) is 23.2. The molecule has 2 atom stereocenters. The van der Waals surface area contributed by atoms with Crippen molar-refractivity contribution in [1.82, 2.24) is 4.90 Å². The Balaban J connectivity index is 1.87. The van der Waals surface area contributed by atoms with E-state index in [4.69, 9.17) is 10.2 Å². The van der Waals surface area contributed by atoms with Gasteiger partial charge in [-0.2, -0.15) is 0 Å². The van der Waals surface area contributed by atoms with E-state index in [9.17, 15) is 4.79 Å². The number of furan rings is 1. The molecule has 1 saturated heterocycles. The summed E-state index contributed by atoms with van der Waals surface area (Å²) in [5.41, 5.74) is 6.45. The van der Waals surface area contributed by atoms with Crippen molar-refractivity contribution in [3.63, 3.8) is 0 Å². The van der Waals surface area contributed by atoms with E-state index in [1.807, 2.05) is 35.2 Å². The van der Waals surface area contributed by atoms with Crippen LogP contribution in [-0.4, -0.2) is 29.9 Å². The summed E-state index contributed by atoms with van der Waals surface area (Å²) in [6.45, 7) is 3.43. The van der Waals surface area contributed by atoms with Crippen molar-refractivity contribution < 1.29 is 9.21 Å². The molecular weight excluding hydrogens is 240 g/mol. The number of rotatable bonds is 2. The van der Waals surface area contributed by atoms with Crippen LogP contribution in [0.2, 0.25) is 0 Å². The van der Waals surface area contributed by atoms with Gasteiger partial charge in [-0.3, -0.25) is 4.79 Å². The van der Waals surface area contributed by atoms with Gasteiger partial charge in [0.2, 0.25) is 0 Å². The molecule has 3 rings (SSSR count). The molecule has 1 fully saturated rings. The van der Waals surface area contributed by atoms with Crippen LogP contribution in [0.5, 0.6) is 0 Å². The Kier molecular flexibility index (Phi) is 3.03. The zero-order chi connectivity index (χ0) is 13.4. The number of nitrogens with two attached hydrogens (primary N) is 1. The van der Waals surface area contributed by atoms with Gasteiger partial charge in [-0.1, -0.05) is 18.2 Å². The summed E-state index contributed by atoms with van der Waals surface area (Å²) in [5.74, 6) is 0.800. The van der Waals surface area contributed by atoms with Crippen LogP contribution in [0.3, 0.4) is 0 Å². The van der Waals surface area contributed by atoms with E-state index < -0.39 is 0 Å². The second kappa shape index (κ2) is 4.70. The van der Waals surface area contributed by atoms with Crippen molar-refractivity contribution in [3.8, 4) is 0 Å². The van der Waals surface area contributed by atoms with E-state index in [1.165, 1.54) is 0 Å². The van der Waals surface area contributed by atoms with Gasteiger partial charge in [-0.15, -0.1) is 0 Å². The molecule has 2 N–H and O–H groups in total. The van der Waals surface area contributed by atoms with Crippen LogP contribution in [-0.2, 0) is 0 Å². The summed E-state index contributed by atoms with van der Waals surface area (Å²) in [5, 5.41) is 0.966. The van der Waals surface area contributed by atoms with Crippen LogP contribution >= 0.6 is 0 Å². The highest BCUT2D eigenvalue weighted by molar-refractivity contribution is 5.96. The molecule has 1 amide bonds. The molecule has 2 unspecified atom stereocenters. The SMILES string of the molecule is CC1CC(CN)CN1C(=O)c1cc2ccccc2o1. The molecule has 4 nitrogen and oxygen atoms in total. The maximum absolute atomic E-state index is 12.5. The highest BCUT2D eigenvalue weighted by atomic mass is 16.3. The van der Waals surface area contributed by atoms with Crippen molar-refractivity contribution in [3.05, 3.63) is 36.1 Å². The monoisotopic (exact) mass is 258 g/mol. The van der Waals surface area contributed by atoms with Crippen molar-refractivity contribution in [2.24, 2.45) is 11.7 Å². The van der Waals surface area contributed by atoms with E-state index in [0.29, 0.717) is 18.2 Å². The fourth-order valence-electron chi connectivity index (χ4n) is 2.82. The highest BCUT2D eigenvalue weighted by Crippen LogP contribution is 2.26. The zero-order valence-electron chi connectivity index (χ0n) is 11.0. The molecule has 1 aliphatic heterocycles. The van der Waals surface area contributed by atoms with E-state index in [-0.39, 0.29) is 11.9 Å². The van der Waals surface area contributed by atoms with Gasteiger partial charge in [0.1, 0.15) is 5.58 Å². The molecular formula is C15H18N2O2. The third-order valence-corrected chi connectivity index (χ3v) is 3.89. The van der Waals surface area contributed by atoms with Gasteiger partial charge >= 0.3 is 0 Å². The Morgan fingerprint density at radius 2 is 2.26 bits per heavy atom. The number of carbonyl (C=O) groups excluding carboxylic acids is 1. The number of para-hydroxylation sites is 1. The van der Waals surface area contributed by atoms with E-state index >= 15 is 0 Å². The predicted molar refractivity (Wildman–Crippen MR) is 73.9 cm³/mol. The maximum atomic E-state index is 12.5. The number of likely N-dealkylation sites (tertiary alicyclic amines) is 1. The lowest BCUT2D eigenvalue weighted by atomic mass is 10.1. The van der Waals surface area contributed by atoms with E-state index in [1.54, 1.807) is 0 Å². The zero-order valence-corrected chi connectivity index (χ0v) is 11.0. The van der Waals surface area contributed by atoms with Gasteiger partial charge < -0.3 is 15.1 Å². The van der Waals surface area contributed by atoms with Crippen molar-refractivity contribution in [2.45, 2.75) is 19.4 Å². The van der Waals surface area contributed by atoms with Gasteiger partial charge in [-0.05, 0) is 37.9 Å². The van der Waals surface area contributed by atoms with Gasteiger partial charge in [0.05, 0.1) is 0 Å². The smallest absolute Gasteiger partial charge is 0.289 e. The second-order valence-corrected chi connectivity index (χ2v) is 5.29. The molecule has 4 heteroatoms. The largest absolute Gasteiger partial charge is 0.451 e. The molecule has 0 saturated carbocycles. The van der Waals surface area contributed by atoms with Crippen LogP contribution in [0.15, 0.2) is 34.7 Å². The lowest BCUT2D eigenvalue weighted by Gasteiger charge is -2.19. The first-order valence-corrected chi connectivity index (χ1v) is 6.68. The van der Waals surface area contributed by atoms with E-state index in [2.05, 4.69) is 6.92 Å². The lowest BCUT2D eigenvalue weighted by molar-refractivity contribution is 0.0713. The van der Waals surface area contributed by atoms with Crippen LogP contribution < -0.4 is 5.73 Å². The van der Waals surface area contributed by atoms with Crippen molar-refractivity contribution >= 4 is 16.9 Å². The molecule has 2 aromatic rings. The summed E-state index contributed by atoms with van der Waals surface area (Å²) in [6.07, 6.45) is 0.975. The summed E-state index contributed by atoms with van der Waals surface area (Å²) in [6, 6.07) is 9.72. The minimum absolute atomic E-state index is 0.0281. The number of hydrogen-bond acceptors (Lipinski definition) is 3. The molecule has 0 aliphatic carbocycles. The van der Waals surface area contributed by atoms with Gasteiger partial charge in [0.15, 0.2) is 5.76 Å². The fraction of sp³-hybridized carbons (Fsp3) is 0.400. The molecule has 0 spiro atoms. The van der Waals surface area contributed by atoms with Crippen LogP contribution in [0.1, 0.15) is 23.9 Å². The third kappa shape index (κ3) is 2.12. The molecule has 100 valence electrons. The van der Waals surface area contributed by atoms with Crippen LogP contribution in [0, 0.1) is 5.92 Å². The minimum Gasteiger partial charge on any atom is -0.451 e. The first-order chi connectivity index (χ1) is 9.19. The van der Waals surface area contributed by atoms with Crippen molar-refractivity contribution in [1.29, 1.82) is 0 Å². The lowest BCUT2D eigenvalue weighted by Crippen LogP contribution is -2.34. The highest BCUT2D eigenvalue weighted by Gasteiger charge is 2.33. The molecule has 1 aromatic heterocycles. The number of benzene rings is 1. The summed E-state index contributed by atoms with van der Waals surface area (Å²) >= 11 is 0. The van der Waals surface area contributed by atoms with E-state index in [0.717, 1.165) is 23.9 Å². The van der Waals surface area contributed by atoms with Gasteiger partial charge in [-0.25, -0.2) is 0 Å². The number of amides is 1. The maximum Gasteiger partial charge on any atom is 0.289 e. The Bertz CT molecular complexity index is 572. The minimum atomic E-state index is -0.0281. The molecule has 1 aromatic carbocycles. The molecule has 19 heavy (non-hydrogen) atoms. The van der Waals surface area contributed by atoms with Gasteiger partial charge in [0.25, 0.3) is 5.91 Å². The molecule has 1 aliphatic rings. The number of nitrogens with zero attached hydrogens (tertiary/aromatic N) is 1. The van der Waals surface area contributed by atoms with Crippen LogP contribution in [0.25, 0.3) is 11.0 Å². The predicted octanol–water partition coefficient (Wildman–Crippen LogP) is 2.24. The Hall–Kier alpha value is -1.81. The number of carbonyl (C=O) groups is 1. The number of fused-ring (bicyclic) bond motifs is 1. The summed E-state index contributed by atoms with van der Waals surface area (Å²) in [7, 11) is 0. The standard InChI is InChI=1S/C15H18N2O2/c1-10-6-11(8-16)9-17(10)15(18)14-7-12-4-2-3-5-13(12)19-14/h2-5,7,10-11H,6,8-9,16H2,1H3. The molecule has 2 heterocycles. The van der Waals surface area contributed by atoms with Crippen molar-refractivity contribution in [2.75, 3.05) is 13.1 Å². The third-order valence-electron chi connectivity index (χ3n) is 3.89. The molecule has 0 bridgehead atoms. The quantitative estimate of drug-likeness (QED) is 0.898. The fourth-order valence-corrected chi connectivity index (χ4v) is 2.82. The Labute approximate surface area is 112 Å². The summed E-state index contributed by atoms with van der Waals surface area (Å²) < 4.78 is 5.64. The second-order valence-electron chi connectivity index (χ2n) is 5.29. The molecule has 0 radical (unpaired) electrons. The Morgan fingerprint density at radius 1 is 1.47 bits per heavy atom. The van der Waals surface area contributed by atoms with Gasteiger partial charge in [0, 0.05) is 18.0 Å². The first kappa shape index (κ1) is 12.2. The number of hydrogen-bond donors (Lipinski definition) is 1. The first-order valence-electron chi connectivity index (χ1n) is 6.68. The Morgan fingerprint density at radius 3 is 2.95 bits per heavy atom. The average Bonchev–Trinajstić information content (AvgIpc) is 3.01. The topological polar surface area (TPSA) is 59.5 Å². The average molecular weight is 258 g/mol.